The molecule has 100 valence electrons. The lowest BCUT2D eigenvalue weighted by Crippen LogP contribution is -2.35. The molecular formula is C16H14N2O2. The lowest BCUT2D eigenvalue weighted by molar-refractivity contribution is 0.636. The van der Waals surface area contributed by atoms with Crippen LogP contribution in [0.5, 0.6) is 0 Å². The lowest BCUT2D eigenvalue weighted by atomic mass is 10.1. The van der Waals surface area contributed by atoms with Crippen LogP contribution in [0, 0.1) is 0 Å². The number of fused-ring (bicyclic) bond motifs is 1. The second kappa shape index (κ2) is 5.17. The molecular weight excluding hydrogens is 252 g/mol. The zero-order valence-electron chi connectivity index (χ0n) is 10.9. The summed E-state index contributed by atoms with van der Waals surface area (Å²) < 4.78 is 1.26. The minimum absolute atomic E-state index is 0.236. The monoisotopic (exact) mass is 266 g/mol. The normalized spacial score (nSPS) is 10.8. The highest BCUT2D eigenvalue weighted by Crippen LogP contribution is 2.04. The molecule has 0 aliphatic rings. The summed E-state index contributed by atoms with van der Waals surface area (Å²) in [6.07, 6.45) is 0.655. The van der Waals surface area contributed by atoms with Gasteiger partial charge in [0.2, 0.25) is 0 Å². The summed E-state index contributed by atoms with van der Waals surface area (Å²) in [5, 5.41) is 0.542. The van der Waals surface area contributed by atoms with Crippen molar-refractivity contribution in [3.05, 3.63) is 81.0 Å². The first-order valence-corrected chi connectivity index (χ1v) is 6.51. The molecule has 0 amide bonds. The minimum Gasteiger partial charge on any atom is -0.307 e. The number of nitrogens with one attached hydrogen (secondary N) is 1. The number of aromatic amines is 1. The van der Waals surface area contributed by atoms with Gasteiger partial charge in [0.15, 0.2) is 0 Å². The Bertz CT molecular complexity index is 847. The van der Waals surface area contributed by atoms with E-state index in [4.69, 9.17) is 0 Å². The van der Waals surface area contributed by atoms with E-state index in [1.54, 1.807) is 24.3 Å². The summed E-state index contributed by atoms with van der Waals surface area (Å²) in [6.45, 7) is 0.378. The molecule has 4 heteroatoms. The van der Waals surface area contributed by atoms with Crippen molar-refractivity contribution in [1.29, 1.82) is 0 Å². The Morgan fingerprint density at radius 3 is 2.40 bits per heavy atom. The largest absolute Gasteiger partial charge is 0.328 e. The first kappa shape index (κ1) is 12.4. The van der Waals surface area contributed by atoms with Crippen LogP contribution in [0.25, 0.3) is 10.9 Å². The molecule has 0 radical (unpaired) electrons. The van der Waals surface area contributed by atoms with E-state index < -0.39 is 0 Å². The van der Waals surface area contributed by atoms with Crippen molar-refractivity contribution in [2.24, 2.45) is 0 Å². The molecule has 2 aromatic carbocycles. The van der Waals surface area contributed by atoms with Crippen molar-refractivity contribution < 1.29 is 0 Å². The van der Waals surface area contributed by atoms with Gasteiger partial charge in [0.1, 0.15) is 0 Å². The van der Waals surface area contributed by atoms with E-state index in [1.165, 1.54) is 4.57 Å². The Morgan fingerprint density at radius 2 is 1.60 bits per heavy atom. The van der Waals surface area contributed by atoms with Gasteiger partial charge < -0.3 is 4.98 Å². The molecule has 1 N–H and O–H groups in total. The summed E-state index contributed by atoms with van der Waals surface area (Å²) in [5.74, 6) is 0. The predicted octanol–water partition coefficient (Wildman–Crippen LogP) is 1.93. The number of hydrogen-bond acceptors (Lipinski definition) is 2. The average molecular weight is 266 g/mol. The van der Waals surface area contributed by atoms with Gasteiger partial charge in [-0.05, 0) is 24.1 Å². The van der Waals surface area contributed by atoms with Crippen molar-refractivity contribution >= 4 is 10.9 Å². The topological polar surface area (TPSA) is 54.9 Å². The van der Waals surface area contributed by atoms with Crippen LogP contribution in [0.3, 0.4) is 0 Å². The van der Waals surface area contributed by atoms with Gasteiger partial charge in [-0.3, -0.25) is 9.36 Å². The Balaban J connectivity index is 2.00. The molecule has 0 atom stereocenters. The fraction of sp³-hybridized carbons (Fsp3) is 0.125. The number of hydrogen-bond donors (Lipinski definition) is 1. The molecule has 0 aliphatic heterocycles. The molecule has 0 saturated heterocycles. The third-order valence-corrected chi connectivity index (χ3v) is 3.36. The second-order valence-electron chi connectivity index (χ2n) is 4.67. The van der Waals surface area contributed by atoms with Gasteiger partial charge in [-0.2, -0.15) is 0 Å². The van der Waals surface area contributed by atoms with Gasteiger partial charge in [0.05, 0.1) is 10.9 Å². The summed E-state index contributed by atoms with van der Waals surface area (Å²) in [4.78, 5) is 27.0. The molecule has 0 aliphatic carbocycles. The molecule has 4 nitrogen and oxygen atoms in total. The van der Waals surface area contributed by atoms with Gasteiger partial charge in [0, 0.05) is 6.54 Å². The van der Waals surface area contributed by atoms with Crippen molar-refractivity contribution in [2.45, 2.75) is 13.0 Å². The number of rotatable bonds is 3. The van der Waals surface area contributed by atoms with E-state index in [9.17, 15) is 9.59 Å². The number of aryl methyl sites for hydroxylation is 1. The average Bonchev–Trinajstić information content (AvgIpc) is 2.48. The Morgan fingerprint density at radius 1 is 0.900 bits per heavy atom. The Hall–Kier alpha value is -2.62. The maximum atomic E-state index is 12.3. The Labute approximate surface area is 115 Å². The molecule has 0 unspecified atom stereocenters. The van der Waals surface area contributed by atoms with Crippen LogP contribution < -0.4 is 11.2 Å². The summed E-state index contributed by atoms with van der Waals surface area (Å²) in [6, 6.07) is 16.9. The van der Waals surface area contributed by atoms with E-state index in [2.05, 4.69) is 4.98 Å². The maximum absolute atomic E-state index is 12.3. The molecule has 0 bridgehead atoms. The molecule has 1 aromatic heterocycles. The zero-order valence-corrected chi connectivity index (χ0v) is 10.9. The van der Waals surface area contributed by atoms with Gasteiger partial charge >= 0.3 is 5.69 Å². The van der Waals surface area contributed by atoms with Crippen molar-refractivity contribution in [1.82, 2.24) is 9.55 Å². The highest BCUT2D eigenvalue weighted by molar-refractivity contribution is 5.76. The second-order valence-corrected chi connectivity index (χ2v) is 4.67. The minimum atomic E-state index is -0.357. The fourth-order valence-electron chi connectivity index (χ4n) is 2.29. The molecule has 0 spiro atoms. The smallest absolute Gasteiger partial charge is 0.307 e. The molecule has 0 fully saturated rings. The first-order chi connectivity index (χ1) is 9.75. The number of nitrogens with zero attached hydrogens (tertiary/aromatic N) is 1. The molecule has 20 heavy (non-hydrogen) atoms. The first-order valence-electron chi connectivity index (χ1n) is 6.51. The third-order valence-electron chi connectivity index (χ3n) is 3.36. The lowest BCUT2D eigenvalue weighted by Gasteiger charge is -2.06. The summed E-state index contributed by atoms with van der Waals surface area (Å²) in [5.41, 5.74) is 1.09. The molecule has 0 saturated carbocycles. The third kappa shape index (κ3) is 2.28. The molecule has 1 heterocycles. The van der Waals surface area contributed by atoms with E-state index in [0.29, 0.717) is 23.9 Å². The number of H-pyrrole nitrogens is 1. The predicted molar refractivity (Wildman–Crippen MR) is 79.0 cm³/mol. The van der Waals surface area contributed by atoms with Crippen LogP contribution in [-0.2, 0) is 13.0 Å². The van der Waals surface area contributed by atoms with Crippen molar-refractivity contribution in [3.63, 3.8) is 0 Å². The summed E-state index contributed by atoms with van der Waals surface area (Å²) >= 11 is 0. The van der Waals surface area contributed by atoms with Crippen LogP contribution in [0.1, 0.15) is 5.56 Å². The van der Waals surface area contributed by atoms with Crippen LogP contribution in [0.15, 0.2) is 64.2 Å². The van der Waals surface area contributed by atoms with Crippen LogP contribution in [-0.4, -0.2) is 9.55 Å². The number of benzene rings is 2. The molecule has 3 rings (SSSR count). The van der Waals surface area contributed by atoms with E-state index in [-0.39, 0.29) is 11.2 Å². The fourth-order valence-corrected chi connectivity index (χ4v) is 2.29. The van der Waals surface area contributed by atoms with Crippen LogP contribution in [0.4, 0.5) is 0 Å². The highest BCUT2D eigenvalue weighted by atomic mass is 16.2. The van der Waals surface area contributed by atoms with Gasteiger partial charge in [0.25, 0.3) is 5.56 Å². The Kier molecular flexibility index (Phi) is 3.21. The summed E-state index contributed by atoms with van der Waals surface area (Å²) in [7, 11) is 0. The van der Waals surface area contributed by atoms with Gasteiger partial charge in [-0.25, -0.2) is 4.79 Å². The van der Waals surface area contributed by atoms with E-state index in [0.717, 1.165) is 5.56 Å². The van der Waals surface area contributed by atoms with Crippen LogP contribution in [0.2, 0.25) is 0 Å². The number of para-hydroxylation sites is 1. The highest BCUT2D eigenvalue weighted by Gasteiger charge is 2.06. The van der Waals surface area contributed by atoms with E-state index in [1.807, 2.05) is 30.3 Å². The maximum Gasteiger partial charge on any atom is 0.328 e. The van der Waals surface area contributed by atoms with Crippen molar-refractivity contribution in [3.8, 4) is 0 Å². The van der Waals surface area contributed by atoms with Crippen molar-refractivity contribution in [2.75, 3.05) is 0 Å². The SMILES string of the molecule is O=c1[nH]c2ccccc2c(=O)n1CCc1ccccc1. The van der Waals surface area contributed by atoms with Crippen LogP contribution >= 0.6 is 0 Å². The van der Waals surface area contributed by atoms with Gasteiger partial charge in [-0.1, -0.05) is 42.5 Å². The van der Waals surface area contributed by atoms with E-state index >= 15 is 0 Å². The standard InChI is InChI=1S/C16H14N2O2/c19-15-13-8-4-5-9-14(13)17-16(20)18(15)11-10-12-6-2-1-3-7-12/h1-9H,10-11H2,(H,17,20). The number of aromatic nitrogens is 2. The zero-order chi connectivity index (χ0) is 13.9. The van der Waals surface area contributed by atoms with Gasteiger partial charge in [-0.15, -0.1) is 0 Å². The molecule has 3 aromatic rings. The quantitative estimate of drug-likeness (QED) is 0.787.